The number of sulfone groups is 1. The van der Waals surface area contributed by atoms with E-state index in [2.05, 4.69) is 15.1 Å². The number of imidazole rings is 1. The van der Waals surface area contributed by atoms with Gasteiger partial charge in [0.15, 0.2) is 9.84 Å². The Morgan fingerprint density at radius 2 is 1.81 bits per heavy atom. The number of H-pyrrole nitrogens is 1. The standard InChI is InChI=1S/C20H19N3O3S/c1-11-19(12(2)26-23-11)15-9-17(20-18(10-15)21-13(3)22-20)14-6-5-7-16(8-14)27(4,24)25/h5-10H,1-4H3,(H,21,22). The molecular formula is C20H19N3O3S. The Balaban J connectivity index is 2.03. The summed E-state index contributed by atoms with van der Waals surface area (Å²) in [6.45, 7) is 5.67. The molecule has 0 fully saturated rings. The molecule has 0 saturated heterocycles. The molecule has 138 valence electrons. The van der Waals surface area contributed by atoms with Crippen molar-refractivity contribution in [3.05, 3.63) is 53.7 Å². The van der Waals surface area contributed by atoms with E-state index in [9.17, 15) is 8.42 Å². The topological polar surface area (TPSA) is 88.8 Å². The molecule has 0 aliphatic rings. The number of hydrogen-bond acceptors (Lipinski definition) is 5. The largest absolute Gasteiger partial charge is 0.361 e. The lowest BCUT2D eigenvalue weighted by molar-refractivity contribution is 0.393. The van der Waals surface area contributed by atoms with Gasteiger partial charge in [-0.1, -0.05) is 17.3 Å². The Bertz CT molecular complexity index is 1260. The first-order valence-electron chi connectivity index (χ1n) is 8.48. The van der Waals surface area contributed by atoms with Crippen molar-refractivity contribution >= 4 is 20.9 Å². The summed E-state index contributed by atoms with van der Waals surface area (Å²) in [5.41, 5.74) is 6.02. The molecule has 0 bridgehead atoms. The number of aryl methyl sites for hydroxylation is 3. The highest BCUT2D eigenvalue weighted by atomic mass is 32.2. The minimum atomic E-state index is -3.30. The van der Waals surface area contributed by atoms with E-state index in [0.29, 0.717) is 0 Å². The van der Waals surface area contributed by atoms with E-state index >= 15 is 0 Å². The van der Waals surface area contributed by atoms with Crippen molar-refractivity contribution in [3.63, 3.8) is 0 Å². The van der Waals surface area contributed by atoms with Crippen LogP contribution >= 0.6 is 0 Å². The maximum absolute atomic E-state index is 12.0. The average Bonchev–Trinajstić information content (AvgIpc) is 3.14. The zero-order valence-electron chi connectivity index (χ0n) is 15.5. The number of rotatable bonds is 3. The number of benzene rings is 2. The summed E-state index contributed by atoms with van der Waals surface area (Å²) in [7, 11) is -3.30. The van der Waals surface area contributed by atoms with Gasteiger partial charge in [-0.05, 0) is 56.2 Å². The van der Waals surface area contributed by atoms with Crippen molar-refractivity contribution in [3.8, 4) is 22.3 Å². The summed E-state index contributed by atoms with van der Waals surface area (Å²) in [6, 6.07) is 11.0. The molecule has 1 N–H and O–H groups in total. The first-order chi connectivity index (χ1) is 12.7. The van der Waals surface area contributed by atoms with E-state index in [4.69, 9.17) is 4.52 Å². The lowest BCUT2D eigenvalue weighted by Crippen LogP contribution is -1.97. The van der Waals surface area contributed by atoms with Crippen LogP contribution in [0.25, 0.3) is 33.3 Å². The van der Waals surface area contributed by atoms with Gasteiger partial charge in [-0.3, -0.25) is 0 Å². The maximum atomic E-state index is 12.0. The number of fused-ring (bicyclic) bond motifs is 1. The van der Waals surface area contributed by atoms with E-state index < -0.39 is 9.84 Å². The van der Waals surface area contributed by atoms with Crippen molar-refractivity contribution in [2.24, 2.45) is 0 Å². The highest BCUT2D eigenvalue weighted by Gasteiger charge is 2.17. The average molecular weight is 381 g/mol. The molecule has 2 aromatic heterocycles. The van der Waals surface area contributed by atoms with Crippen molar-refractivity contribution in [1.82, 2.24) is 15.1 Å². The molecule has 0 atom stereocenters. The summed E-state index contributed by atoms with van der Waals surface area (Å²) in [5.74, 6) is 1.53. The van der Waals surface area contributed by atoms with E-state index in [-0.39, 0.29) is 4.90 Å². The van der Waals surface area contributed by atoms with Gasteiger partial charge < -0.3 is 9.51 Å². The zero-order chi connectivity index (χ0) is 19.3. The van der Waals surface area contributed by atoms with Gasteiger partial charge in [-0.25, -0.2) is 13.4 Å². The third-order valence-electron chi connectivity index (χ3n) is 4.60. The van der Waals surface area contributed by atoms with Crippen molar-refractivity contribution in [2.45, 2.75) is 25.7 Å². The van der Waals surface area contributed by atoms with Crippen LogP contribution in [0.4, 0.5) is 0 Å². The molecule has 6 nitrogen and oxygen atoms in total. The van der Waals surface area contributed by atoms with Crippen LogP contribution in [-0.4, -0.2) is 29.8 Å². The first-order valence-corrected chi connectivity index (χ1v) is 10.4. The highest BCUT2D eigenvalue weighted by molar-refractivity contribution is 7.90. The smallest absolute Gasteiger partial charge is 0.175 e. The van der Waals surface area contributed by atoms with E-state index in [0.717, 1.165) is 50.6 Å². The van der Waals surface area contributed by atoms with Crippen molar-refractivity contribution in [2.75, 3.05) is 6.26 Å². The van der Waals surface area contributed by atoms with Crippen LogP contribution < -0.4 is 0 Å². The molecule has 2 aromatic carbocycles. The second-order valence-electron chi connectivity index (χ2n) is 6.74. The molecule has 7 heteroatoms. The Morgan fingerprint density at radius 1 is 1.04 bits per heavy atom. The van der Waals surface area contributed by atoms with Gasteiger partial charge in [0.25, 0.3) is 0 Å². The van der Waals surface area contributed by atoms with Gasteiger partial charge in [0.05, 0.1) is 21.6 Å². The quantitative estimate of drug-likeness (QED) is 0.574. The second-order valence-corrected chi connectivity index (χ2v) is 8.76. The van der Waals surface area contributed by atoms with Crippen molar-refractivity contribution < 1.29 is 12.9 Å². The third-order valence-corrected chi connectivity index (χ3v) is 5.71. The van der Waals surface area contributed by atoms with Crippen LogP contribution in [0, 0.1) is 20.8 Å². The van der Waals surface area contributed by atoms with Gasteiger partial charge >= 0.3 is 0 Å². The predicted molar refractivity (Wildman–Crippen MR) is 104 cm³/mol. The molecule has 0 amide bonds. The fourth-order valence-corrected chi connectivity index (χ4v) is 4.06. The summed E-state index contributed by atoms with van der Waals surface area (Å²) < 4.78 is 29.3. The predicted octanol–water partition coefficient (Wildman–Crippen LogP) is 4.21. The number of hydrogen-bond donors (Lipinski definition) is 1. The minimum absolute atomic E-state index is 0.281. The zero-order valence-corrected chi connectivity index (χ0v) is 16.3. The Kier molecular flexibility index (Phi) is 3.92. The van der Waals surface area contributed by atoms with Crippen LogP contribution in [0.1, 0.15) is 17.3 Å². The van der Waals surface area contributed by atoms with Crippen LogP contribution in [0.2, 0.25) is 0 Å². The molecule has 0 saturated carbocycles. The van der Waals surface area contributed by atoms with Crippen LogP contribution in [-0.2, 0) is 9.84 Å². The summed E-state index contributed by atoms with van der Waals surface area (Å²) in [4.78, 5) is 8.16. The third kappa shape index (κ3) is 3.04. The Morgan fingerprint density at radius 3 is 2.48 bits per heavy atom. The van der Waals surface area contributed by atoms with E-state index in [1.54, 1.807) is 18.2 Å². The lowest BCUT2D eigenvalue weighted by atomic mass is 9.96. The second kappa shape index (κ2) is 6.06. The van der Waals surface area contributed by atoms with Crippen LogP contribution in [0.5, 0.6) is 0 Å². The minimum Gasteiger partial charge on any atom is -0.361 e. The molecule has 0 spiro atoms. The Labute approximate surface area is 157 Å². The molecular weight excluding hydrogens is 362 g/mol. The maximum Gasteiger partial charge on any atom is 0.175 e. The molecule has 0 aliphatic heterocycles. The first kappa shape index (κ1) is 17.5. The SMILES string of the molecule is Cc1nc2c(-c3cccc(S(C)(=O)=O)c3)cc(-c3c(C)noc3C)cc2[nH]1. The van der Waals surface area contributed by atoms with Crippen LogP contribution in [0.15, 0.2) is 45.8 Å². The number of aromatic nitrogens is 3. The molecule has 4 rings (SSSR count). The molecule has 27 heavy (non-hydrogen) atoms. The fraction of sp³-hybridized carbons (Fsp3) is 0.200. The van der Waals surface area contributed by atoms with Crippen LogP contribution in [0.3, 0.4) is 0 Å². The highest BCUT2D eigenvalue weighted by Crippen LogP contribution is 2.36. The van der Waals surface area contributed by atoms with Gasteiger partial charge in [0.1, 0.15) is 11.6 Å². The lowest BCUT2D eigenvalue weighted by Gasteiger charge is -2.09. The summed E-state index contributed by atoms with van der Waals surface area (Å²) in [5, 5.41) is 4.05. The summed E-state index contributed by atoms with van der Waals surface area (Å²) in [6.07, 6.45) is 1.21. The van der Waals surface area contributed by atoms with Gasteiger partial charge in [0, 0.05) is 17.4 Å². The molecule has 4 aromatic rings. The molecule has 2 heterocycles. The van der Waals surface area contributed by atoms with Gasteiger partial charge in [-0.15, -0.1) is 0 Å². The monoisotopic (exact) mass is 381 g/mol. The number of aromatic amines is 1. The number of nitrogens with zero attached hydrogens (tertiary/aromatic N) is 2. The van der Waals surface area contributed by atoms with E-state index in [1.165, 1.54) is 6.26 Å². The molecule has 0 aliphatic carbocycles. The van der Waals surface area contributed by atoms with Gasteiger partial charge in [-0.2, -0.15) is 0 Å². The van der Waals surface area contributed by atoms with Gasteiger partial charge in [0.2, 0.25) is 0 Å². The number of nitrogens with one attached hydrogen (secondary N) is 1. The Hall–Kier alpha value is -2.93. The fourth-order valence-electron chi connectivity index (χ4n) is 3.39. The normalized spacial score (nSPS) is 12.0. The summed E-state index contributed by atoms with van der Waals surface area (Å²) >= 11 is 0. The van der Waals surface area contributed by atoms with Crippen molar-refractivity contribution in [1.29, 1.82) is 0 Å². The molecule has 0 unspecified atom stereocenters. The molecule has 0 radical (unpaired) electrons. The van der Waals surface area contributed by atoms with E-state index in [1.807, 2.05) is 39.0 Å².